The number of hydrogen-bond acceptors (Lipinski definition) is 4. The largest absolute Gasteiger partial charge is 0.371 e. The molecule has 0 bridgehead atoms. The molecule has 0 aliphatic carbocycles. The van der Waals surface area contributed by atoms with Crippen molar-refractivity contribution in [3.05, 3.63) is 0 Å². The summed E-state index contributed by atoms with van der Waals surface area (Å²) < 4.78 is 5.57. The smallest absolute Gasteiger partial charge is 0.248 e. The van der Waals surface area contributed by atoms with Gasteiger partial charge < -0.3 is 19.9 Å². The summed E-state index contributed by atoms with van der Waals surface area (Å²) in [7, 11) is 2.09. The van der Waals surface area contributed by atoms with Gasteiger partial charge in [-0.2, -0.15) is 0 Å². The van der Waals surface area contributed by atoms with Gasteiger partial charge in [-0.1, -0.05) is 0 Å². The van der Waals surface area contributed by atoms with E-state index >= 15 is 0 Å². The number of piperidine rings is 1. The fourth-order valence-corrected chi connectivity index (χ4v) is 2.53. The minimum absolute atomic E-state index is 0.145. The van der Waals surface area contributed by atoms with E-state index in [1.807, 2.05) is 4.90 Å². The van der Waals surface area contributed by atoms with Gasteiger partial charge in [0.25, 0.3) is 0 Å². The van der Waals surface area contributed by atoms with Crippen molar-refractivity contribution < 1.29 is 9.53 Å². The van der Waals surface area contributed by atoms with Gasteiger partial charge >= 0.3 is 0 Å². The molecule has 18 heavy (non-hydrogen) atoms. The first-order valence-corrected chi connectivity index (χ1v) is 7.00. The van der Waals surface area contributed by atoms with Crippen LogP contribution in [-0.4, -0.2) is 75.2 Å². The molecule has 0 spiro atoms. The third-order valence-electron chi connectivity index (χ3n) is 3.83. The van der Waals surface area contributed by atoms with Crippen LogP contribution < -0.4 is 5.32 Å². The molecule has 2 rings (SSSR count). The van der Waals surface area contributed by atoms with Crippen molar-refractivity contribution in [2.75, 3.05) is 59.5 Å². The van der Waals surface area contributed by atoms with E-state index in [1.165, 1.54) is 12.8 Å². The van der Waals surface area contributed by atoms with Gasteiger partial charge in [-0.15, -0.1) is 0 Å². The predicted octanol–water partition coefficient (Wildman–Crippen LogP) is -0.223. The fourth-order valence-electron chi connectivity index (χ4n) is 2.53. The molecule has 0 aromatic heterocycles. The Balaban J connectivity index is 1.59. The molecule has 2 heterocycles. The first-order chi connectivity index (χ1) is 8.75. The molecule has 5 heteroatoms. The summed E-state index contributed by atoms with van der Waals surface area (Å²) in [6.07, 6.45) is 2.44. The highest BCUT2D eigenvalue weighted by Crippen LogP contribution is 2.10. The van der Waals surface area contributed by atoms with Crippen LogP contribution in [0.2, 0.25) is 0 Å². The Morgan fingerprint density at radius 2 is 2.11 bits per heavy atom. The van der Waals surface area contributed by atoms with E-state index < -0.39 is 0 Å². The highest BCUT2D eigenvalue weighted by atomic mass is 16.5. The lowest BCUT2D eigenvalue weighted by Crippen LogP contribution is -2.48. The summed E-state index contributed by atoms with van der Waals surface area (Å²) in [6.45, 7) is 6.73. The maximum Gasteiger partial charge on any atom is 0.248 e. The van der Waals surface area contributed by atoms with Gasteiger partial charge in [0.15, 0.2) is 0 Å². The minimum atomic E-state index is 0.145. The van der Waals surface area contributed by atoms with E-state index in [0.29, 0.717) is 12.5 Å². The second-order valence-corrected chi connectivity index (χ2v) is 5.41. The Bertz CT molecular complexity index is 259. The van der Waals surface area contributed by atoms with Gasteiger partial charge in [-0.25, -0.2) is 0 Å². The van der Waals surface area contributed by atoms with Crippen molar-refractivity contribution in [1.82, 2.24) is 15.1 Å². The Kier molecular flexibility index (Phi) is 5.41. The van der Waals surface area contributed by atoms with Crippen LogP contribution in [-0.2, 0) is 9.53 Å². The first-order valence-electron chi connectivity index (χ1n) is 7.00. The van der Waals surface area contributed by atoms with Gasteiger partial charge in [0, 0.05) is 32.7 Å². The third-order valence-corrected chi connectivity index (χ3v) is 3.83. The van der Waals surface area contributed by atoms with Crippen LogP contribution >= 0.6 is 0 Å². The lowest BCUT2D eigenvalue weighted by molar-refractivity contribution is -0.138. The highest BCUT2D eigenvalue weighted by molar-refractivity contribution is 5.77. The van der Waals surface area contributed by atoms with Gasteiger partial charge in [0.1, 0.15) is 6.61 Å². The van der Waals surface area contributed by atoms with Crippen LogP contribution in [0.25, 0.3) is 0 Å². The Morgan fingerprint density at radius 3 is 2.78 bits per heavy atom. The molecule has 0 aromatic carbocycles. The molecule has 2 aliphatic heterocycles. The van der Waals surface area contributed by atoms with Crippen LogP contribution in [0.15, 0.2) is 0 Å². The zero-order valence-corrected chi connectivity index (χ0v) is 11.4. The molecule has 2 fully saturated rings. The number of amides is 1. The van der Waals surface area contributed by atoms with E-state index in [1.54, 1.807) is 0 Å². The molecule has 1 atom stereocenters. The zero-order chi connectivity index (χ0) is 12.8. The topological polar surface area (TPSA) is 44.8 Å². The summed E-state index contributed by atoms with van der Waals surface area (Å²) in [4.78, 5) is 16.1. The van der Waals surface area contributed by atoms with E-state index in [0.717, 1.165) is 39.3 Å². The Morgan fingerprint density at radius 1 is 1.33 bits per heavy atom. The molecule has 0 radical (unpaired) electrons. The summed E-state index contributed by atoms with van der Waals surface area (Å²) in [5.74, 6) is 0.728. The zero-order valence-electron chi connectivity index (χ0n) is 11.4. The van der Waals surface area contributed by atoms with Crippen molar-refractivity contribution in [1.29, 1.82) is 0 Å². The lowest BCUT2D eigenvalue weighted by atomic mass is 10.0. The number of nitrogens with one attached hydrogen (secondary N) is 1. The van der Waals surface area contributed by atoms with Crippen LogP contribution in [0.3, 0.4) is 0 Å². The average Bonchev–Trinajstić information content (AvgIpc) is 2.40. The van der Waals surface area contributed by atoms with Crippen molar-refractivity contribution in [2.24, 2.45) is 5.92 Å². The van der Waals surface area contributed by atoms with Crippen molar-refractivity contribution in [3.8, 4) is 0 Å². The lowest BCUT2D eigenvalue weighted by Gasteiger charge is -2.32. The van der Waals surface area contributed by atoms with E-state index in [2.05, 4.69) is 17.3 Å². The van der Waals surface area contributed by atoms with E-state index in [9.17, 15) is 4.79 Å². The molecule has 1 N–H and O–H groups in total. The number of carbonyl (C=O) groups excluding carboxylic acids is 1. The van der Waals surface area contributed by atoms with Crippen LogP contribution in [0, 0.1) is 5.92 Å². The molecular weight excluding hydrogens is 230 g/mol. The SMILES string of the molecule is CN1CCN(C(=O)COCC2CCCNC2)CC1. The average molecular weight is 255 g/mol. The van der Waals surface area contributed by atoms with Gasteiger partial charge in [0.05, 0.1) is 6.61 Å². The summed E-state index contributed by atoms with van der Waals surface area (Å²) in [5.41, 5.74) is 0. The van der Waals surface area contributed by atoms with Crippen LogP contribution in [0.5, 0.6) is 0 Å². The molecule has 0 saturated carbocycles. The number of piperazine rings is 1. The molecule has 104 valence electrons. The second-order valence-electron chi connectivity index (χ2n) is 5.41. The molecule has 2 saturated heterocycles. The highest BCUT2D eigenvalue weighted by Gasteiger charge is 2.19. The van der Waals surface area contributed by atoms with Gasteiger partial charge in [-0.05, 0) is 32.4 Å². The molecule has 2 aliphatic rings. The molecule has 0 aromatic rings. The minimum Gasteiger partial charge on any atom is -0.371 e. The Hall–Kier alpha value is -0.650. The number of likely N-dealkylation sites (N-methyl/N-ethyl adjacent to an activating group) is 1. The van der Waals surface area contributed by atoms with Gasteiger partial charge in [0.2, 0.25) is 5.91 Å². The quantitative estimate of drug-likeness (QED) is 0.754. The van der Waals surface area contributed by atoms with E-state index in [4.69, 9.17) is 4.74 Å². The number of ether oxygens (including phenoxy) is 1. The number of nitrogens with zero attached hydrogens (tertiary/aromatic N) is 2. The first kappa shape index (κ1) is 13.8. The molecular formula is C13H25N3O2. The Labute approximate surface area is 109 Å². The number of carbonyl (C=O) groups is 1. The van der Waals surface area contributed by atoms with Crippen LogP contribution in [0.4, 0.5) is 0 Å². The molecule has 1 unspecified atom stereocenters. The van der Waals surface area contributed by atoms with Crippen molar-refractivity contribution in [2.45, 2.75) is 12.8 Å². The second kappa shape index (κ2) is 7.07. The molecule has 1 amide bonds. The summed E-state index contributed by atoms with van der Waals surface area (Å²) in [6, 6.07) is 0. The normalized spacial score (nSPS) is 26.3. The van der Waals surface area contributed by atoms with Crippen molar-refractivity contribution >= 4 is 5.91 Å². The number of rotatable bonds is 4. The summed E-state index contributed by atoms with van der Waals surface area (Å²) in [5, 5.41) is 3.36. The third kappa shape index (κ3) is 4.23. The van der Waals surface area contributed by atoms with Crippen LogP contribution in [0.1, 0.15) is 12.8 Å². The maximum absolute atomic E-state index is 11.9. The van der Waals surface area contributed by atoms with E-state index in [-0.39, 0.29) is 12.5 Å². The maximum atomic E-state index is 11.9. The van der Waals surface area contributed by atoms with Gasteiger partial charge in [-0.3, -0.25) is 4.79 Å². The summed E-state index contributed by atoms with van der Waals surface area (Å²) >= 11 is 0. The molecule has 5 nitrogen and oxygen atoms in total. The predicted molar refractivity (Wildman–Crippen MR) is 70.5 cm³/mol. The monoisotopic (exact) mass is 255 g/mol. The standard InChI is InChI=1S/C13H25N3O2/c1-15-5-7-16(8-6-15)13(17)11-18-10-12-3-2-4-14-9-12/h12,14H,2-11H2,1H3. The van der Waals surface area contributed by atoms with Crippen molar-refractivity contribution in [3.63, 3.8) is 0 Å². The fraction of sp³-hybridized carbons (Fsp3) is 0.923. The number of hydrogen-bond donors (Lipinski definition) is 1.